The number of aryl methyl sites for hydroxylation is 2. The van der Waals surface area contributed by atoms with E-state index in [4.69, 9.17) is 21.0 Å². The Balaban J connectivity index is 1.59. The van der Waals surface area contributed by atoms with Crippen LogP contribution in [0.5, 0.6) is 0 Å². The average molecular weight is 481 g/mol. The first-order valence-electron chi connectivity index (χ1n) is 10.4. The Morgan fingerprint density at radius 3 is 2.73 bits per heavy atom. The minimum absolute atomic E-state index is 0.114. The predicted molar refractivity (Wildman–Crippen MR) is 126 cm³/mol. The van der Waals surface area contributed by atoms with Crippen molar-refractivity contribution in [2.45, 2.75) is 39.8 Å². The molecule has 1 amide bonds. The van der Waals surface area contributed by atoms with E-state index in [0.717, 1.165) is 33.2 Å². The molecule has 1 aromatic carbocycles. The molecular weight excluding hydrogens is 460 g/mol. The van der Waals surface area contributed by atoms with E-state index in [1.54, 1.807) is 17.5 Å². The summed E-state index contributed by atoms with van der Waals surface area (Å²) >= 11 is 7.82. The molecule has 0 unspecified atom stereocenters. The van der Waals surface area contributed by atoms with E-state index >= 15 is 0 Å². The molecule has 0 fully saturated rings. The van der Waals surface area contributed by atoms with Gasteiger partial charge in [-0.2, -0.15) is 0 Å². The van der Waals surface area contributed by atoms with Crippen LogP contribution in [0.15, 0.2) is 46.1 Å². The van der Waals surface area contributed by atoms with Gasteiger partial charge in [-0.25, -0.2) is 4.98 Å². The van der Waals surface area contributed by atoms with Gasteiger partial charge in [0, 0.05) is 21.0 Å². The van der Waals surface area contributed by atoms with Crippen LogP contribution in [-0.4, -0.2) is 31.4 Å². The molecule has 33 heavy (non-hydrogen) atoms. The maximum atomic E-state index is 12.8. The zero-order valence-corrected chi connectivity index (χ0v) is 19.9. The van der Waals surface area contributed by atoms with Crippen LogP contribution < -0.4 is 5.32 Å². The van der Waals surface area contributed by atoms with Gasteiger partial charge in [-0.1, -0.05) is 23.7 Å². The van der Waals surface area contributed by atoms with Crippen molar-refractivity contribution < 1.29 is 9.21 Å². The number of aliphatic imine (C=N–C) groups is 1. The Hall–Kier alpha value is -3.30. The van der Waals surface area contributed by atoms with Crippen molar-refractivity contribution in [1.82, 2.24) is 25.1 Å². The number of hydrogen-bond donors (Lipinski definition) is 1. The molecule has 0 radical (unpaired) electrons. The van der Waals surface area contributed by atoms with Crippen molar-refractivity contribution in [2.75, 3.05) is 0 Å². The van der Waals surface area contributed by atoms with Crippen LogP contribution in [0.1, 0.15) is 51.6 Å². The molecule has 0 saturated heterocycles. The molecular formula is C23H21ClN6O2S. The van der Waals surface area contributed by atoms with Gasteiger partial charge in [-0.3, -0.25) is 14.4 Å². The van der Waals surface area contributed by atoms with Crippen molar-refractivity contribution in [3.63, 3.8) is 0 Å². The second-order valence-corrected chi connectivity index (χ2v) is 9.45. The van der Waals surface area contributed by atoms with E-state index in [-0.39, 0.29) is 18.9 Å². The lowest BCUT2D eigenvalue weighted by atomic mass is 9.99. The van der Waals surface area contributed by atoms with E-state index in [2.05, 4.69) is 34.3 Å². The van der Waals surface area contributed by atoms with Crippen LogP contribution in [0.2, 0.25) is 5.02 Å². The minimum Gasteiger partial charge on any atom is -0.447 e. The fourth-order valence-electron chi connectivity index (χ4n) is 3.89. The highest BCUT2D eigenvalue weighted by atomic mass is 35.5. The first-order chi connectivity index (χ1) is 15.9. The zero-order chi connectivity index (χ0) is 23.1. The number of hydrogen-bond acceptors (Lipinski definition) is 7. The van der Waals surface area contributed by atoms with Crippen molar-refractivity contribution >= 4 is 34.6 Å². The molecule has 0 spiro atoms. The van der Waals surface area contributed by atoms with Crippen LogP contribution in [-0.2, 0) is 11.3 Å². The van der Waals surface area contributed by atoms with Gasteiger partial charge in [0.2, 0.25) is 11.8 Å². The number of carbonyl (C=O) groups excluding carboxylic acids is 1. The number of fused-ring (bicyclic) bond motifs is 3. The SMILES string of the molecule is Cc1sc2c(c1C)C(c1ccc(Cl)cc1)=N[C@@H](CC(=O)NCc1ncco1)c1nnc(C)n1-2. The van der Waals surface area contributed by atoms with Crippen LogP contribution in [0, 0.1) is 20.8 Å². The van der Waals surface area contributed by atoms with E-state index in [0.29, 0.717) is 16.7 Å². The molecule has 8 nitrogen and oxygen atoms in total. The molecule has 168 valence electrons. The number of rotatable bonds is 5. The highest BCUT2D eigenvalue weighted by molar-refractivity contribution is 7.15. The summed E-state index contributed by atoms with van der Waals surface area (Å²) in [6.45, 7) is 6.32. The second kappa shape index (κ2) is 8.57. The molecule has 4 heterocycles. The lowest BCUT2D eigenvalue weighted by Crippen LogP contribution is -2.25. The normalized spacial score (nSPS) is 14.9. The van der Waals surface area contributed by atoms with Crippen LogP contribution in [0.25, 0.3) is 5.00 Å². The Morgan fingerprint density at radius 2 is 2.00 bits per heavy atom. The molecule has 0 bridgehead atoms. The zero-order valence-electron chi connectivity index (χ0n) is 18.3. The predicted octanol–water partition coefficient (Wildman–Crippen LogP) is 4.49. The van der Waals surface area contributed by atoms with E-state index in [1.165, 1.54) is 11.1 Å². The molecule has 1 atom stereocenters. The Labute approximate surface area is 199 Å². The molecule has 3 aromatic heterocycles. The largest absolute Gasteiger partial charge is 0.447 e. The maximum Gasteiger partial charge on any atom is 0.223 e. The third-order valence-electron chi connectivity index (χ3n) is 5.66. The standard InChI is InChI=1S/C23H21ClN6O2S/c1-12-13(2)33-23-20(12)21(15-4-6-16(24)7-5-15)27-17(22-29-28-14(3)30(22)23)10-18(31)26-11-19-25-8-9-32-19/h4-9,17H,10-11H2,1-3H3,(H,26,31)/t17-/m0/s1. The summed E-state index contributed by atoms with van der Waals surface area (Å²) in [5, 5.41) is 13.2. The van der Waals surface area contributed by atoms with Crippen LogP contribution in [0.4, 0.5) is 0 Å². The van der Waals surface area contributed by atoms with Gasteiger partial charge in [0.1, 0.15) is 23.1 Å². The molecule has 0 saturated carbocycles. The van der Waals surface area contributed by atoms with Crippen LogP contribution >= 0.6 is 22.9 Å². The van der Waals surface area contributed by atoms with Crippen molar-refractivity contribution in [1.29, 1.82) is 0 Å². The number of amides is 1. The number of oxazole rings is 1. The minimum atomic E-state index is -0.513. The quantitative estimate of drug-likeness (QED) is 0.453. The third-order valence-corrected chi connectivity index (χ3v) is 7.10. The smallest absolute Gasteiger partial charge is 0.223 e. The van der Waals surface area contributed by atoms with Gasteiger partial charge in [-0.05, 0) is 38.5 Å². The fraction of sp³-hybridized carbons (Fsp3) is 0.261. The summed E-state index contributed by atoms with van der Waals surface area (Å²) in [6, 6.07) is 7.09. The molecule has 0 aliphatic carbocycles. The number of thiophene rings is 1. The highest BCUT2D eigenvalue weighted by Crippen LogP contribution is 2.39. The van der Waals surface area contributed by atoms with Gasteiger partial charge in [0.05, 0.1) is 24.9 Å². The monoisotopic (exact) mass is 480 g/mol. The van der Waals surface area contributed by atoms with E-state index in [9.17, 15) is 4.79 Å². The van der Waals surface area contributed by atoms with Crippen LogP contribution in [0.3, 0.4) is 0 Å². The van der Waals surface area contributed by atoms with Gasteiger partial charge in [-0.15, -0.1) is 21.5 Å². The molecule has 10 heteroatoms. The summed E-state index contributed by atoms with van der Waals surface area (Å²) in [6.07, 6.45) is 3.13. The van der Waals surface area contributed by atoms with E-state index < -0.39 is 6.04 Å². The first-order valence-corrected chi connectivity index (χ1v) is 11.6. The number of nitrogens with zero attached hydrogens (tertiary/aromatic N) is 5. The van der Waals surface area contributed by atoms with Gasteiger partial charge >= 0.3 is 0 Å². The highest BCUT2D eigenvalue weighted by Gasteiger charge is 2.32. The lowest BCUT2D eigenvalue weighted by molar-refractivity contribution is -0.121. The Bertz CT molecular complexity index is 1350. The molecule has 4 aromatic rings. The summed E-state index contributed by atoms with van der Waals surface area (Å²) in [4.78, 5) is 23.2. The third kappa shape index (κ3) is 3.98. The topological polar surface area (TPSA) is 98.2 Å². The molecule has 1 N–H and O–H groups in total. The molecule has 1 aliphatic heterocycles. The van der Waals surface area contributed by atoms with Crippen molar-refractivity contribution in [2.24, 2.45) is 4.99 Å². The Morgan fingerprint density at radius 1 is 1.21 bits per heavy atom. The summed E-state index contributed by atoms with van der Waals surface area (Å²) in [5.74, 6) is 1.67. The first kappa shape index (κ1) is 21.5. The summed E-state index contributed by atoms with van der Waals surface area (Å²) in [5.41, 5.74) is 3.94. The number of aromatic nitrogens is 4. The van der Waals surface area contributed by atoms with Gasteiger partial charge in [0.15, 0.2) is 5.82 Å². The van der Waals surface area contributed by atoms with Crippen molar-refractivity contribution in [3.8, 4) is 5.00 Å². The van der Waals surface area contributed by atoms with Gasteiger partial charge in [0.25, 0.3) is 0 Å². The van der Waals surface area contributed by atoms with Crippen molar-refractivity contribution in [3.05, 3.63) is 80.9 Å². The lowest BCUT2D eigenvalue weighted by Gasteiger charge is -2.12. The maximum absolute atomic E-state index is 12.8. The number of benzene rings is 1. The number of carbonyl (C=O) groups is 1. The molecule has 5 rings (SSSR count). The number of halogens is 1. The number of nitrogens with one attached hydrogen (secondary N) is 1. The van der Waals surface area contributed by atoms with E-state index in [1.807, 2.05) is 35.8 Å². The summed E-state index contributed by atoms with van der Waals surface area (Å²) < 4.78 is 7.23. The second-order valence-electron chi connectivity index (χ2n) is 7.81. The Kier molecular flexibility index (Phi) is 5.59. The molecule has 1 aliphatic rings. The fourth-order valence-corrected chi connectivity index (χ4v) is 5.23. The summed E-state index contributed by atoms with van der Waals surface area (Å²) in [7, 11) is 0. The van der Waals surface area contributed by atoms with Gasteiger partial charge < -0.3 is 9.73 Å². The average Bonchev–Trinajstić information content (AvgIpc) is 3.49.